The summed E-state index contributed by atoms with van der Waals surface area (Å²) in [6, 6.07) is 11.5. The lowest BCUT2D eigenvalue weighted by molar-refractivity contribution is -0.117. The van der Waals surface area contributed by atoms with E-state index in [2.05, 4.69) is 10.6 Å². The smallest absolute Gasteiger partial charge is 0.312 e. The average molecular weight is 412 g/mol. The van der Waals surface area contributed by atoms with Gasteiger partial charge in [0.05, 0.1) is 16.8 Å². The van der Waals surface area contributed by atoms with E-state index in [0.29, 0.717) is 34.7 Å². The Hall–Kier alpha value is -3.33. The van der Waals surface area contributed by atoms with Gasteiger partial charge in [0, 0.05) is 5.69 Å². The number of carbonyl (C=O) groups excluding carboxylic acids is 4. The summed E-state index contributed by atoms with van der Waals surface area (Å²) in [6.45, 7) is 0. The van der Waals surface area contributed by atoms with Crippen molar-refractivity contribution in [3.8, 4) is 0 Å². The van der Waals surface area contributed by atoms with E-state index in [9.17, 15) is 19.2 Å². The second kappa shape index (κ2) is 8.78. The first-order chi connectivity index (χ1) is 13.9. The minimum atomic E-state index is -0.789. The van der Waals surface area contributed by atoms with Crippen molar-refractivity contribution in [1.82, 2.24) is 5.32 Å². The summed E-state index contributed by atoms with van der Waals surface area (Å²) in [5, 5.41) is 5.13. The van der Waals surface area contributed by atoms with Crippen molar-refractivity contribution in [3.63, 3.8) is 0 Å². The van der Waals surface area contributed by atoms with Gasteiger partial charge >= 0.3 is 6.03 Å². The van der Waals surface area contributed by atoms with Crippen molar-refractivity contribution in [3.05, 3.63) is 59.7 Å². The standard InChI is InChI=1S/C20H20N4O4S/c1-29-10-9-16(23-20(21)28)17(25)22-12-5-4-6-13(11-12)24-18(26)14-7-2-3-8-15(14)19(24)27/h2-8,11,16H,9-10H2,1H3,(H,22,25)(H3,21,23,28). The van der Waals surface area contributed by atoms with E-state index in [1.807, 2.05) is 6.26 Å². The number of thioether (sulfide) groups is 1. The minimum absolute atomic E-state index is 0.342. The molecule has 3 rings (SSSR count). The van der Waals surface area contributed by atoms with E-state index in [1.165, 1.54) is 6.07 Å². The average Bonchev–Trinajstić information content (AvgIpc) is 2.96. The first-order valence-electron chi connectivity index (χ1n) is 8.86. The molecule has 150 valence electrons. The van der Waals surface area contributed by atoms with Crippen LogP contribution in [0.4, 0.5) is 16.2 Å². The number of anilines is 2. The number of hydrogen-bond acceptors (Lipinski definition) is 5. The third kappa shape index (κ3) is 4.40. The lowest BCUT2D eigenvalue weighted by Gasteiger charge is -2.18. The zero-order valence-corrected chi connectivity index (χ0v) is 16.5. The Morgan fingerprint density at radius 1 is 1.07 bits per heavy atom. The van der Waals surface area contributed by atoms with Crippen LogP contribution in [0.3, 0.4) is 0 Å². The molecule has 0 fully saturated rings. The Balaban J connectivity index is 1.79. The Kier molecular flexibility index (Phi) is 6.18. The molecule has 0 saturated heterocycles. The quantitative estimate of drug-likeness (QED) is 0.602. The van der Waals surface area contributed by atoms with Gasteiger partial charge in [0.2, 0.25) is 5.91 Å². The summed E-state index contributed by atoms with van der Waals surface area (Å²) in [7, 11) is 0. The maximum Gasteiger partial charge on any atom is 0.312 e. The maximum atomic E-state index is 12.6. The largest absolute Gasteiger partial charge is 0.352 e. The van der Waals surface area contributed by atoms with Gasteiger partial charge in [-0.1, -0.05) is 18.2 Å². The number of rotatable bonds is 7. The van der Waals surface area contributed by atoms with Crippen LogP contribution in [0, 0.1) is 0 Å². The number of fused-ring (bicyclic) bond motifs is 1. The van der Waals surface area contributed by atoms with Gasteiger partial charge in [-0.2, -0.15) is 11.8 Å². The van der Waals surface area contributed by atoms with Crippen LogP contribution in [-0.4, -0.2) is 41.8 Å². The van der Waals surface area contributed by atoms with E-state index in [1.54, 1.807) is 54.2 Å². The van der Waals surface area contributed by atoms with Crippen molar-refractivity contribution < 1.29 is 19.2 Å². The van der Waals surface area contributed by atoms with Crippen LogP contribution in [0.15, 0.2) is 48.5 Å². The monoisotopic (exact) mass is 412 g/mol. The Morgan fingerprint density at radius 2 is 1.72 bits per heavy atom. The van der Waals surface area contributed by atoms with Gasteiger partial charge < -0.3 is 16.4 Å². The van der Waals surface area contributed by atoms with Crippen LogP contribution in [0.1, 0.15) is 27.1 Å². The number of primary amides is 1. The summed E-state index contributed by atoms with van der Waals surface area (Å²) in [5.74, 6) is -0.602. The predicted molar refractivity (Wildman–Crippen MR) is 112 cm³/mol. The molecule has 0 bridgehead atoms. The van der Waals surface area contributed by atoms with Crippen LogP contribution in [0.2, 0.25) is 0 Å². The number of nitrogens with zero attached hydrogens (tertiary/aromatic N) is 1. The van der Waals surface area contributed by atoms with Crippen LogP contribution in [0.5, 0.6) is 0 Å². The zero-order valence-electron chi connectivity index (χ0n) is 15.7. The van der Waals surface area contributed by atoms with Gasteiger partial charge in [-0.25, -0.2) is 9.69 Å². The van der Waals surface area contributed by atoms with E-state index in [-0.39, 0.29) is 0 Å². The highest BCUT2D eigenvalue weighted by molar-refractivity contribution is 7.98. The first kappa shape index (κ1) is 20.4. The fourth-order valence-electron chi connectivity index (χ4n) is 3.05. The molecular weight excluding hydrogens is 392 g/mol. The Morgan fingerprint density at radius 3 is 2.31 bits per heavy atom. The number of carbonyl (C=O) groups is 4. The van der Waals surface area contributed by atoms with Gasteiger partial charge in [0.1, 0.15) is 6.04 Å². The number of nitrogens with two attached hydrogens (primary N) is 1. The van der Waals surface area contributed by atoms with Crippen molar-refractivity contribution in [2.75, 3.05) is 22.2 Å². The van der Waals surface area contributed by atoms with Crippen molar-refractivity contribution >= 4 is 46.9 Å². The SMILES string of the molecule is CSCCC(NC(N)=O)C(=O)Nc1cccc(N2C(=O)c3ccccc3C2=O)c1. The molecule has 1 heterocycles. The van der Waals surface area contributed by atoms with Crippen LogP contribution < -0.4 is 21.3 Å². The second-order valence-corrected chi connectivity index (χ2v) is 7.36. The van der Waals surface area contributed by atoms with Gasteiger partial charge in [-0.05, 0) is 48.8 Å². The minimum Gasteiger partial charge on any atom is -0.352 e. The van der Waals surface area contributed by atoms with Crippen LogP contribution >= 0.6 is 11.8 Å². The number of urea groups is 1. The number of amides is 5. The highest BCUT2D eigenvalue weighted by atomic mass is 32.2. The topological polar surface area (TPSA) is 122 Å². The van der Waals surface area contributed by atoms with Crippen LogP contribution in [0.25, 0.3) is 0 Å². The molecule has 0 radical (unpaired) electrons. The Labute approximate surface area is 171 Å². The molecule has 1 aliphatic heterocycles. The second-order valence-electron chi connectivity index (χ2n) is 6.37. The molecule has 8 nitrogen and oxygen atoms in total. The van der Waals surface area contributed by atoms with Gasteiger partial charge in [0.25, 0.3) is 11.8 Å². The van der Waals surface area contributed by atoms with Crippen molar-refractivity contribution in [1.29, 1.82) is 0 Å². The van der Waals surface area contributed by atoms with Crippen molar-refractivity contribution in [2.24, 2.45) is 5.73 Å². The molecule has 0 saturated carbocycles. The molecule has 4 N–H and O–H groups in total. The molecule has 2 aromatic rings. The van der Waals surface area contributed by atoms with Gasteiger partial charge in [0.15, 0.2) is 0 Å². The lowest BCUT2D eigenvalue weighted by Crippen LogP contribution is -2.46. The molecule has 1 aliphatic rings. The van der Waals surface area contributed by atoms with E-state index < -0.39 is 29.8 Å². The molecule has 9 heteroatoms. The summed E-state index contributed by atoms with van der Waals surface area (Å²) in [5.41, 5.74) is 6.58. The molecule has 1 atom stereocenters. The van der Waals surface area contributed by atoms with E-state index in [4.69, 9.17) is 5.73 Å². The molecule has 5 amide bonds. The van der Waals surface area contributed by atoms with Gasteiger partial charge in [-0.15, -0.1) is 0 Å². The lowest BCUT2D eigenvalue weighted by atomic mass is 10.1. The summed E-state index contributed by atoms with van der Waals surface area (Å²) in [4.78, 5) is 50.1. The highest BCUT2D eigenvalue weighted by Gasteiger charge is 2.36. The summed E-state index contributed by atoms with van der Waals surface area (Å²) in [6.07, 6.45) is 2.30. The first-order valence-corrected chi connectivity index (χ1v) is 10.3. The number of imide groups is 1. The molecule has 0 aliphatic carbocycles. The fraction of sp³-hybridized carbons (Fsp3) is 0.200. The predicted octanol–water partition coefficient (Wildman–Crippen LogP) is 2.22. The normalized spacial score (nSPS) is 13.8. The van der Waals surface area contributed by atoms with E-state index >= 15 is 0 Å². The highest BCUT2D eigenvalue weighted by Crippen LogP contribution is 2.29. The van der Waals surface area contributed by atoms with E-state index in [0.717, 1.165) is 4.90 Å². The number of benzene rings is 2. The number of hydrogen-bond donors (Lipinski definition) is 3. The Bertz CT molecular complexity index is 943. The summed E-state index contributed by atoms with van der Waals surface area (Å²) >= 11 is 1.54. The third-order valence-electron chi connectivity index (χ3n) is 4.41. The third-order valence-corrected chi connectivity index (χ3v) is 5.05. The summed E-state index contributed by atoms with van der Waals surface area (Å²) < 4.78 is 0. The molecule has 0 spiro atoms. The zero-order chi connectivity index (χ0) is 21.0. The fourth-order valence-corrected chi connectivity index (χ4v) is 3.52. The van der Waals surface area contributed by atoms with Crippen molar-refractivity contribution in [2.45, 2.75) is 12.5 Å². The molecule has 1 unspecified atom stereocenters. The molecular formula is C20H20N4O4S. The molecule has 29 heavy (non-hydrogen) atoms. The molecule has 2 aromatic carbocycles. The van der Waals surface area contributed by atoms with Crippen LogP contribution in [-0.2, 0) is 4.79 Å². The number of nitrogens with one attached hydrogen (secondary N) is 2. The van der Waals surface area contributed by atoms with Gasteiger partial charge in [-0.3, -0.25) is 14.4 Å². The molecule has 0 aromatic heterocycles. The maximum absolute atomic E-state index is 12.6.